The molecule has 0 saturated carbocycles. The second kappa shape index (κ2) is 3.13. The molecular formula is C6H12FNO. The van der Waals surface area contributed by atoms with Crippen molar-refractivity contribution < 1.29 is 9.50 Å². The van der Waals surface area contributed by atoms with E-state index in [-0.39, 0.29) is 12.5 Å². The van der Waals surface area contributed by atoms with Gasteiger partial charge in [-0.1, -0.05) is 0 Å². The van der Waals surface area contributed by atoms with Gasteiger partial charge in [-0.05, 0) is 12.3 Å². The van der Waals surface area contributed by atoms with Crippen LogP contribution in [0.5, 0.6) is 0 Å². The van der Waals surface area contributed by atoms with E-state index in [1.54, 1.807) is 0 Å². The number of halogens is 1. The summed E-state index contributed by atoms with van der Waals surface area (Å²) in [5, 5.41) is 11.5. The maximum atomic E-state index is 12.4. The van der Waals surface area contributed by atoms with Crippen molar-refractivity contribution >= 4 is 0 Å². The molecule has 3 heteroatoms. The highest BCUT2D eigenvalue weighted by Gasteiger charge is 2.19. The Morgan fingerprint density at radius 3 is 2.78 bits per heavy atom. The van der Waals surface area contributed by atoms with Gasteiger partial charge in [-0.3, -0.25) is 0 Å². The summed E-state index contributed by atoms with van der Waals surface area (Å²) >= 11 is 0. The molecule has 1 saturated heterocycles. The SMILES string of the molecule is OC[C@H]1CNC[C@H](F)C1. The number of aliphatic hydroxyl groups excluding tert-OH is 1. The maximum Gasteiger partial charge on any atom is 0.113 e. The van der Waals surface area contributed by atoms with Gasteiger partial charge in [0.2, 0.25) is 0 Å². The van der Waals surface area contributed by atoms with E-state index in [0.29, 0.717) is 13.0 Å². The molecule has 0 bridgehead atoms. The first-order chi connectivity index (χ1) is 4.33. The summed E-state index contributed by atoms with van der Waals surface area (Å²) in [6.45, 7) is 1.32. The van der Waals surface area contributed by atoms with Crippen LogP contribution < -0.4 is 5.32 Å². The van der Waals surface area contributed by atoms with E-state index in [2.05, 4.69) is 5.32 Å². The Labute approximate surface area is 54.1 Å². The van der Waals surface area contributed by atoms with Crippen molar-refractivity contribution in [3.8, 4) is 0 Å². The fraction of sp³-hybridized carbons (Fsp3) is 1.00. The Balaban J connectivity index is 2.23. The van der Waals surface area contributed by atoms with Crippen molar-refractivity contribution in [1.29, 1.82) is 0 Å². The van der Waals surface area contributed by atoms with E-state index in [4.69, 9.17) is 5.11 Å². The van der Waals surface area contributed by atoms with Crippen LogP contribution in [0.4, 0.5) is 4.39 Å². The molecule has 0 unspecified atom stereocenters. The summed E-state index contributed by atoms with van der Waals surface area (Å²) in [7, 11) is 0. The predicted molar refractivity (Wildman–Crippen MR) is 33.0 cm³/mol. The summed E-state index contributed by atoms with van der Waals surface area (Å²) in [4.78, 5) is 0. The Morgan fingerprint density at radius 2 is 2.33 bits per heavy atom. The summed E-state index contributed by atoms with van der Waals surface area (Å²) in [5.41, 5.74) is 0. The molecule has 2 nitrogen and oxygen atoms in total. The van der Waals surface area contributed by atoms with Crippen LogP contribution >= 0.6 is 0 Å². The standard InChI is InChI=1S/C6H12FNO/c7-6-1-5(4-9)2-8-3-6/h5-6,8-9H,1-4H2/t5-,6-/m1/s1. The number of nitrogens with one attached hydrogen (secondary N) is 1. The Kier molecular flexibility index (Phi) is 2.42. The first kappa shape index (κ1) is 6.96. The molecule has 0 radical (unpaired) electrons. The molecule has 2 atom stereocenters. The van der Waals surface area contributed by atoms with Gasteiger partial charge >= 0.3 is 0 Å². The van der Waals surface area contributed by atoms with E-state index in [9.17, 15) is 4.39 Å². The molecule has 0 aromatic carbocycles. The average Bonchev–Trinajstić information content (AvgIpc) is 1.88. The molecule has 2 N–H and O–H groups in total. The number of hydrogen-bond donors (Lipinski definition) is 2. The second-order valence-corrected chi connectivity index (χ2v) is 2.54. The van der Waals surface area contributed by atoms with Gasteiger partial charge in [-0.15, -0.1) is 0 Å². The summed E-state index contributed by atoms with van der Waals surface area (Å²) in [6, 6.07) is 0. The van der Waals surface area contributed by atoms with Crippen molar-refractivity contribution in [2.75, 3.05) is 19.7 Å². The second-order valence-electron chi connectivity index (χ2n) is 2.54. The molecule has 0 aliphatic carbocycles. The smallest absolute Gasteiger partial charge is 0.113 e. The third-order valence-electron chi connectivity index (χ3n) is 1.65. The van der Waals surface area contributed by atoms with Crippen molar-refractivity contribution in [3.63, 3.8) is 0 Å². The van der Waals surface area contributed by atoms with Gasteiger partial charge in [0.05, 0.1) is 0 Å². The monoisotopic (exact) mass is 133 g/mol. The van der Waals surface area contributed by atoms with Gasteiger partial charge in [-0.25, -0.2) is 4.39 Å². The van der Waals surface area contributed by atoms with Gasteiger partial charge in [0, 0.05) is 19.7 Å². The van der Waals surface area contributed by atoms with E-state index < -0.39 is 6.17 Å². The largest absolute Gasteiger partial charge is 0.396 e. The Morgan fingerprint density at radius 1 is 1.56 bits per heavy atom. The normalized spacial score (nSPS) is 36.7. The van der Waals surface area contributed by atoms with Crippen LogP contribution in [0.1, 0.15) is 6.42 Å². The molecule has 1 rings (SSSR count). The average molecular weight is 133 g/mol. The van der Waals surface area contributed by atoms with Crippen LogP contribution in [0.3, 0.4) is 0 Å². The minimum absolute atomic E-state index is 0.105. The van der Waals surface area contributed by atoms with Gasteiger partial charge in [-0.2, -0.15) is 0 Å². The quantitative estimate of drug-likeness (QED) is 0.524. The lowest BCUT2D eigenvalue weighted by Crippen LogP contribution is -2.38. The van der Waals surface area contributed by atoms with Crippen LogP contribution in [-0.4, -0.2) is 31.0 Å². The lowest BCUT2D eigenvalue weighted by molar-refractivity contribution is 0.148. The van der Waals surface area contributed by atoms with Gasteiger partial charge in [0.15, 0.2) is 0 Å². The fourth-order valence-corrected chi connectivity index (χ4v) is 1.11. The molecule has 1 aliphatic heterocycles. The van der Waals surface area contributed by atoms with E-state index in [1.807, 2.05) is 0 Å². The van der Waals surface area contributed by atoms with Crippen molar-refractivity contribution in [3.05, 3.63) is 0 Å². The fourth-order valence-electron chi connectivity index (χ4n) is 1.11. The highest BCUT2D eigenvalue weighted by atomic mass is 19.1. The van der Waals surface area contributed by atoms with E-state index in [1.165, 1.54) is 0 Å². The lowest BCUT2D eigenvalue weighted by Gasteiger charge is -2.23. The van der Waals surface area contributed by atoms with Gasteiger partial charge in [0.25, 0.3) is 0 Å². The summed E-state index contributed by atoms with van der Waals surface area (Å²) in [5.74, 6) is 0.133. The Hall–Kier alpha value is -0.150. The number of aliphatic hydroxyl groups is 1. The van der Waals surface area contributed by atoms with E-state index >= 15 is 0 Å². The molecule has 1 heterocycles. The van der Waals surface area contributed by atoms with Crippen molar-refractivity contribution in [2.45, 2.75) is 12.6 Å². The van der Waals surface area contributed by atoms with Crippen LogP contribution in [0.15, 0.2) is 0 Å². The molecule has 9 heavy (non-hydrogen) atoms. The summed E-state index contributed by atoms with van der Waals surface area (Å²) in [6.07, 6.45) is -0.236. The van der Waals surface area contributed by atoms with Gasteiger partial charge < -0.3 is 10.4 Å². The molecule has 0 spiro atoms. The summed E-state index contributed by atoms with van der Waals surface area (Å²) < 4.78 is 12.4. The van der Waals surface area contributed by atoms with Crippen LogP contribution in [0.25, 0.3) is 0 Å². The minimum atomic E-state index is -0.754. The molecule has 1 fully saturated rings. The number of hydrogen-bond acceptors (Lipinski definition) is 2. The van der Waals surface area contributed by atoms with Crippen LogP contribution in [0.2, 0.25) is 0 Å². The number of piperidine rings is 1. The molecule has 0 aromatic rings. The first-order valence-electron chi connectivity index (χ1n) is 3.28. The highest BCUT2D eigenvalue weighted by Crippen LogP contribution is 2.11. The highest BCUT2D eigenvalue weighted by molar-refractivity contribution is 4.74. The zero-order valence-electron chi connectivity index (χ0n) is 5.31. The molecule has 54 valence electrons. The maximum absolute atomic E-state index is 12.4. The lowest BCUT2D eigenvalue weighted by atomic mass is 10.00. The van der Waals surface area contributed by atoms with Crippen molar-refractivity contribution in [2.24, 2.45) is 5.92 Å². The zero-order chi connectivity index (χ0) is 6.69. The minimum Gasteiger partial charge on any atom is -0.396 e. The molecule has 0 amide bonds. The number of rotatable bonds is 1. The van der Waals surface area contributed by atoms with E-state index in [0.717, 1.165) is 6.54 Å². The predicted octanol–water partition coefficient (Wildman–Crippen LogP) is -0.0737. The van der Waals surface area contributed by atoms with Crippen molar-refractivity contribution in [1.82, 2.24) is 5.32 Å². The topological polar surface area (TPSA) is 32.3 Å². The van der Waals surface area contributed by atoms with Crippen LogP contribution in [0, 0.1) is 5.92 Å². The molecule has 0 aromatic heterocycles. The first-order valence-corrected chi connectivity index (χ1v) is 3.28. The molecule has 1 aliphatic rings. The Bertz CT molecular complexity index is 89.1. The zero-order valence-corrected chi connectivity index (χ0v) is 5.31. The molecular weight excluding hydrogens is 121 g/mol. The third-order valence-corrected chi connectivity index (χ3v) is 1.65. The van der Waals surface area contributed by atoms with Crippen LogP contribution in [-0.2, 0) is 0 Å². The third kappa shape index (κ3) is 1.91. The number of alkyl halides is 1. The van der Waals surface area contributed by atoms with Gasteiger partial charge in [0.1, 0.15) is 6.17 Å².